The fraction of sp³-hybridized carbons (Fsp3) is 0.217. The predicted octanol–water partition coefficient (Wildman–Crippen LogP) is 5.68. The van der Waals surface area contributed by atoms with Gasteiger partial charge in [0.2, 0.25) is 0 Å². The van der Waals surface area contributed by atoms with Gasteiger partial charge in [0.1, 0.15) is 11.6 Å². The maximum Gasteiger partial charge on any atom is 0.148 e. The molecule has 1 saturated heterocycles. The van der Waals surface area contributed by atoms with Gasteiger partial charge in [0.05, 0.1) is 11.6 Å². The van der Waals surface area contributed by atoms with E-state index in [1.54, 1.807) is 18.2 Å². The second-order valence-electron chi connectivity index (χ2n) is 7.34. The molecule has 1 aliphatic rings. The van der Waals surface area contributed by atoms with Gasteiger partial charge in [-0.25, -0.2) is 8.78 Å². The molecule has 0 aliphatic carbocycles. The Bertz CT molecular complexity index is 1090. The minimum atomic E-state index is -0.410. The lowest BCUT2D eigenvalue weighted by Crippen LogP contribution is -2.28. The van der Waals surface area contributed by atoms with Crippen LogP contribution in [0.3, 0.4) is 0 Å². The van der Waals surface area contributed by atoms with Gasteiger partial charge in [-0.1, -0.05) is 24.8 Å². The first-order chi connectivity index (χ1) is 13.9. The SMILES string of the molecule is C=C(CCc1c(-c2ccc(F)cc2)[nH]c2c(F)cc(Cl)cc12)NC1CCNC1=C. The maximum absolute atomic E-state index is 14.5. The molecule has 3 aromatic rings. The molecule has 3 N–H and O–H groups in total. The van der Waals surface area contributed by atoms with Crippen LogP contribution in [0, 0.1) is 11.6 Å². The average Bonchev–Trinajstić information content (AvgIpc) is 3.24. The summed E-state index contributed by atoms with van der Waals surface area (Å²) in [4.78, 5) is 3.17. The molecule has 1 atom stereocenters. The number of benzene rings is 2. The third-order valence-corrected chi connectivity index (χ3v) is 5.54. The van der Waals surface area contributed by atoms with Crippen molar-refractivity contribution in [3.8, 4) is 11.3 Å². The summed E-state index contributed by atoms with van der Waals surface area (Å²) in [6.07, 6.45) is 2.26. The first-order valence-electron chi connectivity index (χ1n) is 9.55. The molecule has 0 saturated carbocycles. The van der Waals surface area contributed by atoms with Gasteiger partial charge in [0.15, 0.2) is 0 Å². The number of H-pyrrole nitrogens is 1. The number of nitrogens with one attached hydrogen (secondary N) is 3. The van der Waals surface area contributed by atoms with Gasteiger partial charge in [-0.3, -0.25) is 0 Å². The van der Waals surface area contributed by atoms with Gasteiger partial charge in [-0.15, -0.1) is 0 Å². The maximum atomic E-state index is 14.5. The van der Waals surface area contributed by atoms with E-state index in [0.29, 0.717) is 23.4 Å². The zero-order valence-corrected chi connectivity index (χ0v) is 16.7. The molecule has 29 heavy (non-hydrogen) atoms. The first kappa shape index (κ1) is 19.5. The van der Waals surface area contributed by atoms with Gasteiger partial charge >= 0.3 is 0 Å². The number of halogens is 3. The number of hydrogen-bond acceptors (Lipinski definition) is 2. The van der Waals surface area contributed by atoms with Gasteiger partial charge < -0.3 is 15.6 Å². The quantitative estimate of drug-likeness (QED) is 0.486. The fourth-order valence-electron chi connectivity index (χ4n) is 3.82. The Morgan fingerprint density at radius 2 is 1.97 bits per heavy atom. The zero-order chi connectivity index (χ0) is 20.5. The number of aromatic amines is 1. The highest BCUT2D eigenvalue weighted by atomic mass is 35.5. The zero-order valence-electron chi connectivity index (χ0n) is 15.9. The summed E-state index contributed by atoms with van der Waals surface area (Å²) in [6, 6.07) is 9.39. The second kappa shape index (κ2) is 7.91. The Morgan fingerprint density at radius 3 is 2.66 bits per heavy atom. The lowest BCUT2D eigenvalue weighted by Gasteiger charge is -2.17. The summed E-state index contributed by atoms with van der Waals surface area (Å²) in [5.41, 5.74) is 4.75. The van der Waals surface area contributed by atoms with Crippen LogP contribution in [0.15, 0.2) is 61.0 Å². The summed E-state index contributed by atoms with van der Waals surface area (Å²) in [5, 5.41) is 7.71. The van der Waals surface area contributed by atoms with Crippen LogP contribution >= 0.6 is 11.6 Å². The lowest BCUT2D eigenvalue weighted by atomic mass is 10.00. The Kier molecular flexibility index (Phi) is 5.33. The van der Waals surface area contributed by atoms with Crippen molar-refractivity contribution in [2.75, 3.05) is 6.54 Å². The van der Waals surface area contributed by atoms with E-state index < -0.39 is 5.82 Å². The van der Waals surface area contributed by atoms with Gasteiger partial charge in [-0.05, 0) is 66.8 Å². The standard InChI is InChI=1S/C23H22ClF2N3/c1-13(28-21-9-10-27-14(21)2)3-8-18-19-11-16(24)12-20(26)23(19)29-22(18)15-4-6-17(25)7-5-15/h4-7,11-12,21,27-29H,1-3,8-10H2. The molecule has 2 heterocycles. The van der Waals surface area contributed by atoms with E-state index in [1.807, 2.05) is 0 Å². The van der Waals surface area contributed by atoms with Crippen LogP contribution in [0.4, 0.5) is 8.78 Å². The van der Waals surface area contributed by atoms with Crippen LogP contribution in [-0.4, -0.2) is 17.6 Å². The van der Waals surface area contributed by atoms with Crippen molar-refractivity contribution in [1.82, 2.24) is 15.6 Å². The van der Waals surface area contributed by atoms with Crippen molar-refractivity contribution in [3.63, 3.8) is 0 Å². The van der Waals surface area contributed by atoms with Crippen molar-refractivity contribution in [2.24, 2.45) is 0 Å². The highest BCUT2D eigenvalue weighted by Gasteiger charge is 2.20. The monoisotopic (exact) mass is 413 g/mol. The van der Waals surface area contributed by atoms with Crippen LogP contribution in [0.1, 0.15) is 18.4 Å². The minimum Gasteiger partial charge on any atom is -0.387 e. The molecule has 6 heteroatoms. The van der Waals surface area contributed by atoms with Crippen molar-refractivity contribution >= 4 is 22.5 Å². The third kappa shape index (κ3) is 4.01. The molecule has 1 fully saturated rings. The number of fused-ring (bicyclic) bond motifs is 1. The second-order valence-corrected chi connectivity index (χ2v) is 7.77. The molecular formula is C23H22ClF2N3. The highest BCUT2D eigenvalue weighted by molar-refractivity contribution is 6.31. The molecule has 0 spiro atoms. The van der Waals surface area contributed by atoms with Crippen LogP contribution < -0.4 is 10.6 Å². The van der Waals surface area contributed by atoms with Crippen LogP contribution in [0.5, 0.6) is 0 Å². The Balaban J connectivity index is 1.65. The Labute approximate surface area is 173 Å². The number of aromatic nitrogens is 1. The molecule has 1 unspecified atom stereocenters. The van der Waals surface area contributed by atoms with Crippen LogP contribution in [-0.2, 0) is 6.42 Å². The number of aryl methyl sites for hydroxylation is 1. The predicted molar refractivity (Wildman–Crippen MR) is 115 cm³/mol. The summed E-state index contributed by atoms with van der Waals surface area (Å²) in [6.45, 7) is 9.06. The Morgan fingerprint density at radius 1 is 1.21 bits per heavy atom. The van der Waals surface area contributed by atoms with E-state index in [1.165, 1.54) is 18.2 Å². The third-order valence-electron chi connectivity index (χ3n) is 5.33. The van der Waals surface area contributed by atoms with E-state index in [0.717, 1.165) is 46.6 Å². The van der Waals surface area contributed by atoms with Crippen molar-refractivity contribution in [3.05, 3.63) is 83.2 Å². The smallest absolute Gasteiger partial charge is 0.148 e. The van der Waals surface area contributed by atoms with E-state index in [4.69, 9.17) is 11.6 Å². The first-order valence-corrected chi connectivity index (χ1v) is 9.92. The lowest BCUT2D eigenvalue weighted by molar-refractivity contribution is 0.628. The molecule has 3 nitrogen and oxygen atoms in total. The van der Waals surface area contributed by atoms with Crippen molar-refractivity contribution in [1.29, 1.82) is 0 Å². The topological polar surface area (TPSA) is 39.9 Å². The number of allylic oxidation sites excluding steroid dienone is 1. The molecule has 4 rings (SSSR count). The van der Waals surface area contributed by atoms with Crippen LogP contribution in [0.25, 0.3) is 22.2 Å². The van der Waals surface area contributed by atoms with Crippen LogP contribution in [0.2, 0.25) is 5.02 Å². The summed E-state index contributed by atoms with van der Waals surface area (Å²) in [5.74, 6) is -0.726. The molecule has 1 aliphatic heterocycles. The molecule has 1 aromatic heterocycles. The minimum absolute atomic E-state index is 0.175. The Hall–Kier alpha value is -2.79. The van der Waals surface area contributed by atoms with Gasteiger partial charge in [-0.2, -0.15) is 0 Å². The van der Waals surface area contributed by atoms with Crippen molar-refractivity contribution in [2.45, 2.75) is 25.3 Å². The van der Waals surface area contributed by atoms with Gasteiger partial charge in [0, 0.05) is 34.0 Å². The molecule has 0 amide bonds. The largest absolute Gasteiger partial charge is 0.387 e. The summed E-state index contributed by atoms with van der Waals surface area (Å²) < 4.78 is 27.9. The van der Waals surface area contributed by atoms with E-state index in [9.17, 15) is 8.78 Å². The van der Waals surface area contributed by atoms with Gasteiger partial charge in [0.25, 0.3) is 0 Å². The molecule has 150 valence electrons. The summed E-state index contributed by atoms with van der Waals surface area (Å²) >= 11 is 6.11. The molecule has 2 aromatic carbocycles. The summed E-state index contributed by atoms with van der Waals surface area (Å²) in [7, 11) is 0. The molecule has 0 radical (unpaired) electrons. The normalized spacial score (nSPS) is 16.2. The average molecular weight is 414 g/mol. The van der Waals surface area contributed by atoms with E-state index >= 15 is 0 Å². The van der Waals surface area contributed by atoms with Crippen molar-refractivity contribution < 1.29 is 8.78 Å². The highest BCUT2D eigenvalue weighted by Crippen LogP contribution is 2.35. The van der Waals surface area contributed by atoms with E-state index in [2.05, 4.69) is 28.8 Å². The fourth-order valence-corrected chi connectivity index (χ4v) is 4.03. The number of rotatable bonds is 6. The number of hydrogen-bond donors (Lipinski definition) is 3. The molecule has 0 bridgehead atoms. The van der Waals surface area contributed by atoms with E-state index in [-0.39, 0.29) is 11.9 Å². The molecular weight excluding hydrogens is 392 g/mol.